The van der Waals surface area contributed by atoms with Gasteiger partial charge in [0.1, 0.15) is 5.75 Å². The first-order valence-electron chi connectivity index (χ1n) is 9.57. The van der Waals surface area contributed by atoms with Crippen LogP contribution in [0.15, 0.2) is 18.2 Å². The minimum absolute atomic E-state index is 0.0479. The van der Waals surface area contributed by atoms with Crippen LogP contribution in [0, 0.1) is 5.92 Å². The number of rotatable bonds is 6. The third kappa shape index (κ3) is 4.58. The van der Waals surface area contributed by atoms with Gasteiger partial charge in [-0.05, 0) is 31.0 Å². The van der Waals surface area contributed by atoms with Crippen LogP contribution < -0.4 is 10.1 Å². The van der Waals surface area contributed by atoms with E-state index in [2.05, 4.69) is 5.32 Å². The molecule has 1 saturated carbocycles. The van der Waals surface area contributed by atoms with Crippen LogP contribution in [-0.2, 0) is 14.4 Å². The minimum Gasteiger partial charge on any atom is -0.495 e. The number of carbonyl (C=O) groups is 3. The Balaban J connectivity index is 1.56. The second-order valence-electron chi connectivity index (χ2n) is 7.47. The molecule has 8 heteroatoms. The van der Waals surface area contributed by atoms with Crippen molar-refractivity contribution >= 4 is 35.0 Å². The van der Waals surface area contributed by atoms with Crippen molar-refractivity contribution < 1.29 is 19.1 Å². The molecule has 28 heavy (non-hydrogen) atoms. The number of methoxy groups -OCH3 is 1. The normalized spacial score (nSPS) is 19.8. The number of ether oxygens (including phenoxy) is 1. The standard InChI is InChI=1S/C20H26ClN3O4/c1-23(12-18(25)22-16-10-14(21)7-8-17(16)28-2)20(27)13-9-19(26)24(11-13)15-5-3-4-6-15/h7-8,10,13,15H,3-6,9,11-12H2,1-2H3,(H,22,25)/t13-/m1/s1. The fourth-order valence-electron chi connectivity index (χ4n) is 4.04. The van der Waals surface area contributed by atoms with Gasteiger partial charge in [0.15, 0.2) is 0 Å². The van der Waals surface area contributed by atoms with E-state index < -0.39 is 0 Å². The largest absolute Gasteiger partial charge is 0.495 e. The summed E-state index contributed by atoms with van der Waals surface area (Å²) < 4.78 is 5.21. The summed E-state index contributed by atoms with van der Waals surface area (Å²) in [6, 6.07) is 5.19. The molecule has 1 aliphatic carbocycles. The first kappa shape index (κ1) is 20.5. The zero-order chi connectivity index (χ0) is 20.3. The molecule has 1 heterocycles. The average Bonchev–Trinajstić information content (AvgIpc) is 3.30. The Bertz CT molecular complexity index is 764. The monoisotopic (exact) mass is 407 g/mol. The van der Waals surface area contributed by atoms with Gasteiger partial charge in [-0.2, -0.15) is 0 Å². The number of anilines is 1. The summed E-state index contributed by atoms with van der Waals surface area (Å²) in [5.74, 6) is -0.380. The van der Waals surface area contributed by atoms with Crippen LogP contribution in [0.1, 0.15) is 32.1 Å². The van der Waals surface area contributed by atoms with E-state index in [1.165, 1.54) is 12.0 Å². The third-order valence-corrected chi connectivity index (χ3v) is 5.70. The Morgan fingerprint density at radius 2 is 2.04 bits per heavy atom. The fourth-order valence-corrected chi connectivity index (χ4v) is 4.21. The number of carbonyl (C=O) groups excluding carboxylic acids is 3. The second-order valence-corrected chi connectivity index (χ2v) is 7.91. The van der Waals surface area contributed by atoms with Gasteiger partial charge in [0.05, 0.1) is 25.3 Å². The third-order valence-electron chi connectivity index (χ3n) is 5.47. The molecule has 2 fully saturated rings. The van der Waals surface area contributed by atoms with Gasteiger partial charge >= 0.3 is 0 Å². The maximum absolute atomic E-state index is 12.7. The maximum Gasteiger partial charge on any atom is 0.244 e. The molecule has 3 rings (SSSR count). The van der Waals surface area contributed by atoms with Crippen LogP contribution in [0.4, 0.5) is 5.69 Å². The van der Waals surface area contributed by atoms with Crippen LogP contribution in [-0.4, -0.2) is 60.8 Å². The van der Waals surface area contributed by atoms with E-state index >= 15 is 0 Å². The van der Waals surface area contributed by atoms with Gasteiger partial charge in [0.2, 0.25) is 17.7 Å². The molecule has 1 aromatic carbocycles. The smallest absolute Gasteiger partial charge is 0.244 e. The predicted octanol–water partition coefficient (Wildman–Crippen LogP) is 2.54. The van der Waals surface area contributed by atoms with E-state index in [4.69, 9.17) is 16.3 Å². The van der Waals surface area contributed by atoms with Gasteiger partial charge in [0.25, 0.3) is 0 Å². The molecule has 2 aliphatic rings. The van der Waals surface area contributed by atoms with Crippen LogP contribution in [0.3, 0.4) is 0 Å². The molecular formula is C20H26ClN3O4. The quantitative estimate of drug-likeness (QED) is 0.785. The summed E-state index contributed by atoms with van der Waals surface area (Å²) in [4.78, 5) is 40.7. The molecule has 1 N–H and O–H groups in total. The Morgan fingerprint density at radius 3 is 2.71 bits per heavy atom. The van der Waals surface area contributed by atoms with E-state index in [0.717, 1.165) is 25.7 Å². The highest BCUT2D eigenvalue weighted by molar-refractivity contribution is 6.31. The molecule has 0 bridgehead atoms. The molecule has 0 unspecified atom stereocenters. The van der Waals surface area contributed by atoms with Crippen LogP contribution in [0.5, 0.6) is 5.75 Å². The average molecular weight is 408 g/mol. The van der Waals surface area contributed by atoms with E-state index in [1.807, 2.05) is 4.90 Å². The van der Waals surface area contributed by atoms with Crippen LogP contribution >= 0.6 is 11.6 Å². The molecule has 1 saturated heterocycles. The molecule has 0 spiro atoms. The van der Waals surface area contributed by atoms with Crippen molar-refractivity contribution in [2.75, 3.05) is 32.6 Å². The van der Waals surface area contributed by atoms with Crippen LogP contribution in [0.25, 0.3) is 0 Å². The van der Waals surface area contributed by atoms with Gasteiger partial charge in [-0.25, -0.2) is 0 Å². The number of amides is 3. The maximum atomic E-state index is 12.7. The number of halogens is 1. The first-order chi connectivity index (χ1) is 13.4. The Morgan fingerprint density at radius 1 is 1.32 bits per heavy atom. The summed E-state index contributed by atoms with van der Waals surface area (Å²) in [6.07, 6.45) is 4.54. The summed E-state index contributed by atoms with van der Waals surface area (Å²) >= 11 is 5.97. The summed E-state index contributed by atoms with van der Waals surface area (Å²) in [7, 11) is 3.08. The predicted molar refractivity (Wildman–Crippen MR) is 106 cm³/mol. The van der Waals surface area contributed by atoms with Crippen molar-refractivity contribution in [2.45, 2.75) is 38.1 Å². The molecule has 0 radical (unpaired) electrons. The van der Waals surface area contributed by atoms with Crippen molar-refractivity contribution in [3.63, 3.8) is 0 Å². The second kappa shape index (κ2) is 8.82. The zero-order valence-electron chi connectivity index (χ0n) is 16.2. The van der Waals surface area contributed by atoms with Crippen molar-refractivity contribution in [3.8, 4) is 5.75 Å². The van der Waals surface area contributed by atoms with Gasteiger partial charge in [0, 0.05) is 31.1 Å². The summed E-state index contributed by atoms with van der Waals surface area (Å²) in [5, 5.41) is 3.19. The van der Waals surface area contributed by atoms with Gasteiger partial charge in [-0.1, -0.05) is 24.4 Å². The molecule has 152 valence electrons. The number of likely N-dealkylation sites (tertiary alicyclic amines) is 1. The topological polar surface area (TPSA) is 79.0 Å². The van der Waals surface area contributed by atoms with Crippen LogP contribution in [0.2, 0.25) is 5.02 Å². The number of hydrogen-bond donors (Lipinski definition) is 1. The summed E-state index contributed by atoms with van der Waals surface area (Å²) in [5.41, 5.74) is 0.448. The SMILES string of the molecule is COc1ccc(Cl)cc1NC(=O)CN(C)C(=O)[C@@H]1CC(=O)N(C2CCCC2)C1. The van der Waals surface area contributed by atoms with Crippen molar-refractivity contribution in [1.82, 2.24) is 9.80 Å². The molecule has 7 nitrogen and oxygen atoms in total. The number of benzene rings is 1. The highest BCUT2D eigenvalue weighted by Crippen LogP contribution is 2.30. The lowest BCUT2D eigenvalue weighted by Crippen LogP contribution is -2.40. The van der Waals surface area contributed by atoms with Gasteiger partial charge in [-0.3, -0.25) is 14.4 Å². The lowest BCUT2D eigenvalue weighted by molar-refractivity contribution is -0.137. The molecule has 3 amide bonds. The highest BCUT2D eigenvalue weighted by atomic mass is 35.5. The van der Waals surface area contributed by atoms with Crippen molar-refractivity contribution in [3.05, 3.63) is 23.2 Å². The molecular weight excluding hydrogens is 382 g/mol. The molecule has 1 aliphatic heterocycles. The Labute approximate surface area is 169 Å². The summed E-state index contributed by atoms with van der Waals surface area (Å²) in [6.45, 7) is 0.346. The zero-order valence-corrected chi connectivity index (χ0v) is 17.0. The fraction of sp³-hybridized carbons (Fsp3) is 0.550. The van der Waals surface area contributed by atoms with E-state index in [9.17, 15) is 14.4 Å². The lowest BCUT2D eigenvalue weighted by atomic mass is 10.1. The Kier molecular flexibility index (Phi) is 6.44. The van der Waals surface area contributed by atoms with Crippen molar-refractivity contribution in [1.29, 1.82) is 0 Å². The molecule has 0 aromatic heterocycles. The highest BCUT2D eigenvalue weighted by Gasteiger charge is 2.39. The number of nitrogens with one attached hydrogen (secondary N) is 1. The van der Waals surface area contributed by atoms with E-state index in [0.29, 0.717) is 23.0 Å². The number of hydrogen-bond acceptors (Lipinski definition) is 4. The van der Waals surface area contributed by atoms with Gasteiger partial charge in [-0.15, -0.1) is 0 Å². The number of nitrogens with zero attached hydrogens (tertiary/aromatic N) is 2. The first-order valence-corrected chi connectivity index (χ1v) is 9.94. The van der Waals surface area contributed by atoms with E-state index in [1.54, 1.807) is 25.2 Å². The van der Waals surface area contributed by atoms with E-state index in [-0.39, 0.29) is 42.6 Å². The minimum atomic E-state index is -0.383. The van der Waals surface area contributed by atoms with Gasteiger partial charge < -0.3 is 19.9 Å². The lowest BCUT2D eigenvalue weighted by Gasteiger charge is -2.25. The number of likely N-dealkylation sites (N-methyl/N-ethyl adjacent to an activating group) is 1. The Hall–Kier alpha value is -2.28. The molecule has 1 atom stereocenters. The van der Waals surface area contributed by atoms with Crippen molar-refractivity contribution in [2.24, 2.45) is 5.92 Å². The molecule has 1 aromatic rings.